The Bertz CT molecular complexity index is 1100. The Morgan fingerprint density at radius 3 is 2.27 bits per heavy atom. The van der Waals surface area contributed by atoms with Crippen molar-refractivity contribution in [2.45, 2.75) is 48.9 Å². The third kappa shape index (κ3) is 11.7. The third-order valence-electron chi connectivity index (χ3n) is 7.47. The monoisotopic (exact) mass is 622 g/mol. The van der Waals surface area contributed by atoms with E-state index in [1.807, 2.05) is 32.3 Å². The molecule has 3 rings (SSSR count). The Kier molecular flexibility index (Phi) is 13.1. The Morgan fingerprint density at radius 1 is 0.976 bits per heavy atom. The van der Waals surface area contributed by atoms with Crippen LogP contribution in [0, 0.1) is 0 Å². The van der Waals surface area contributed by atoms with Crippen LogP contribution in [0.2, 0.25) is 0 Å². The summed E-state index contributed by atoms with van der Waals surface area (Å²) in [5.74, 6) is 0.611. The third-order valence-corrected chi connectivity index (χ3v) is 7.87. The first-order valence-electron chi connectivity index (χ1n) is 14.5. The van der Waals surface area contributed by atoms with Crippen LogP contribution in [0.4, 0.5) is 5.69 Å². The van der Waals surface area contributed by atoms with Crippen LogP contribution in [-0.4, -0.2) is 85.0 Å². The van der Waals surface area contributed by atoms with E-state index in [1.165, 1.54) is 5.57 Å². The first kappa shape index (κ1) is 33.5. The van der Waals surface area contributed by atoms with Crippen molar-refractivity contribution in [3.8, 4) is 5.75 Å². The summed E-state index contributed by atoms with van der Waals surface area (Å²) in [5.41, 5.74) is 3.07. The van der Waals surface area contributed by atoms with Crippen LogP contribution in [0.1, 0.15) is 38.7 Å². The van der Waals surface area contributed by atoms with E-state index in [9.17, 15) is 4.79 Å². The number of nitrogens with zero attached hydrogens (tertiary/aromatic N) is 3. The molecule has 1 aliphatic carbocycles. The molecule has 226 valence electrons. The average molecular weight is 624 g/mol. The second-order valence-electron chi connectivity index (χ2n) is 11.1. The standard InChI is InChI=1S/C32H45Cl3N4O2/c1-5-38(6-2)18-19-39(28-12-14-29(15-13-28)41-21-20-37(3)4)25-27-16-17-31(23-27,22-26-10-8-7-9-11-26)36-30(40)24-32(33,34)35/h7-15,23H,5-6,16-22,24-25H2,1-4H3,(H,36,40). The zero-order chi connectivity index (χ0) is 29.9. The molecule has 0 saturated heterocycles. The van der Waals surface area contributed by atoms with E-state index < -0.39 is 9.33 Å². The van der Waals surface area contributed by atoms with Gasteiger partial charge in [-0.2, -0.15) is 0 Å². The molecular weight excluding hydrogens is 579 g/mol. The molecule has 2 aromatic carbocycles. The minimum absolute atomic E-state index is 0.184. The molecule has 0 aliphatic heterocycles. The molecule has 6 nitrogen and oxygen atoms in total. The lowest BCUT2D eigenvalue weighted by atomic mass is 9.90. The predicted octanol–water partition coefficient (Wildman–Crippen LogP) is 6.35. The molecule has 1 N–H and O–H groups in total. The highest BCUT2D eigenvalue weighted by Gasteiger charge is 2.37. The van der Waals surface area contributed by atoms with Gasteiger partial charge < -0.3 is 24.8 Å². The lowest BCUT2D eigenvalue weighted by Gasteiger charge is -2.30. The molecule has 9 heteroatoms. The molecule has 2 aromatic rings. The molecule has 0 aromatic heterocycles. The zero-order valence-corrected chi connectivity index (χ0v) is 27.1. The number of likely N-dealkylation sites (N-methyl/N-ethyl adjacent to an activating group) is 2. The first-order valence-corrected chi connectivity index (χ1v) is 15.6. The van der Waals surface area contributed by atoms with E-state index >= 15 is 0 Å². The molecule has 0 saturated carbocycles. The molecule has 0 spiro atoms. The van der Waals surface area contributed by atoms with Gasteiger partial charge in [-0.15, -0.1) is 0 Å². The van der Waals surface area contributed by atoms with Crippen molar-refractivity contribution in [1.82, 2.24) is 15.1 Å². The summed E-state index contributed by atoms with van der Waals surface area (Å²) in [6.07, 6.45) is 4.43. The number of carbonyl (C=O) groups excluding carboxylic acids is 1. The number of halogens is 3. The van der Waals surface area contributed by atoms with Crippen molar-refractivity contribution >= 4 is 46.4 Å². The van der Waals surface area contributed by atoms with E-state index in [-0.39, 0.29) is 12.3 Å². The van der Waals surface area contributed by atoms with Crippen LogP contribution < -0.4 is 15.0 Å². The highest BCUT2D eigenvalue weighted by molar-refractivity contribution is 6.68. The fraction of sp³-hybridized carbons (Fsp3) is 0.531. The molecule has 0 heterocycles. The lowest BCUT2D eigenvalue weighted by molar-refractivity contribution is -0.122. The van der Waals surface area contributed by atoms with Gasteiger partial charge in [-0.3, -0.25) is 4.79 Å². The summed E-state index contributed by atoms with van der Waals surface area (Å²) in [4.78, 5) is 19.9. The number of ether oxygens (including phenoxy) is 1. The Labute approximate surface area is 261 Å². The largest absolute Gasteiger partial charge is 0.492 e. The van der Waals surface area contributed by atoms with Gasteiger partial charge in [0.2, 0.25) is 5.91 Å². The van der Waals surface area contributed by atoms with Crippen molar-refractivity contribution in [1.29, 1.82) is 0 Å². The Balaban J connectivity index is 1.82. The lowest BCUT2D eigenvalue weighted by Crippen LogP contribution is -2.48. The number of benzene rings is 2. The van der Waals surface area contributed by atoms with Gasteiger partial charge in [-0.25, -0.2) is 0 Å². The zero-order valence-electron chi connectivity index (χ0n) is 24.8. The number of hydrogen-bond acceptors (Lipinski definition) is 5. The van der Waals surface area contributed by atoms with E-state index in [0.29, 0.717) is 13.0 Å². The van der Waals surface area contributed by atoms with Gasteiger partial charge in [-0.05, 0) is 76.3 Å². The molecule has 0 bridgehead atoms. The summed E-state index contributed by atoms with van der Waals surface area (Å²) in [6.45, 7) is 10.6. The number of rotatable bonds is 16. The van der Waals surface area contributed by atoms with Gasteiger partial charge >= 0.3 is 0 Å². The van der Waals surface area contributed by atoms with Crippen LogP contribution in [0.15, 0.2) is 66.2 Å². The van der Waals surface area contributed by atoms with E-state index in [4.69, 9.17) is 39.5 Å². The van der Waals surface area contributed by atoms with Crippen molar-refractivity contribution in [3.05, 3.63) is 71.8 Å². The fourth-order valence-electron chi connectivity index (χ4n) is 5.24. The number of alkyl halides is 3. The van der Waals surface area contributed by atoms with Gasteiger partial charge in [0.25, 0.3) is 0 Å². The van der Waals surface area contributed by atoms with Crippen LogP contribution in [-0.2, 0) is 11.2 Å². The van der Waals surface area contributed by atoms with Crippen LogP contribution >= 0.6 is 34.8 Å². The highest BCUT2D eigenvalue weighted by atomic mass is 35.6. The smallest absolute Gasteiger partial charge is 0.224 e. The summed E-state index contributed by atoms with van der Waals surface area (Å²) in [5, 5.41) is 3.23. The summed E-state index contributed by atoms with van der Waals surface area (Å²) in [6, 6.07) is 18.6. The summed E-state index contributed by atoms with van der Waals surface area (Å²) >= 11 is 17.9. The molecule has 1 atom stereocenters. The van der Waals surface area contributed by atoms with Gasteiger partial charge in [0.15, 0.2) is 3.79 Å². The molecular formula is C32H45Cl3N4O2. The molecule has 1 amide bonds. The van der Waals surface area contributed by atoms with E-state index in [1.54, 1.807) is 0 Å². The fourth-order valence-corrected chi connectivity index (χ4v) is 5.60. The summed E-state index contributed by atoms with van der Waals surface area (Å²) in [7, 11) is 4.08. The molecule has 41 heavy (non-hydrogen) atoms. The number of hydrogen-bond donors (Lipinski definition) is 1. The van der Waals surface area contributed by atoms with Crippen LogP contribution in [0.5, 0.6) is 5.75 Å². The van der Waals surface area contributed by atoms with Gasteiger partial charge in [0.05, 0.1) is 12.0 Å². The normalized spacial score (nSPS) is 17.1. The van der Waals surface area contributed by atoms with Crippen molar-refractivity contribution < 1.29 is 9.53 Å². The Morgan fingerprint density at radius 2 is 1.66 bits per heavy atom. The quantitative estimate of drug-likeness (QED) is 0.174. The minimum Gasteiger partial charge on any atom is -0.492 e. The molecule has 0 radical (unpaired) electrons. The number of amides is 1. The SMILES string of the molecule is CCN(CC)CCN(CC1=CC(Cc2ccccc2)(NC(=O)CC(Cl)(Cl)Cl)CC1)c1ccc(OCCN(C)C)cc1. The molecule has 0 fully saturated rings. The minimum atomic E-state index is -1.63. The average Bonchev–Trinajstić information content (AvgIpc) is 3.29. The second kappa shape index (κ2) is 16.0. The van der Waals surface area contributed by atoms with Gasteiger partial charge in [-0.1, -0.05) is 90.6 Å². The first-order chi connectivity index (χ1) is 19.5. The molecule has 1 aliphatic rings. The number of nitrogens with one attached hydrogen (secondary N) is 1. The second-order valence-corrected chi connectivity index (χ2v) is 13.6. The number of carbonyl (C=O) groups is 1. The topological polar surface area (TPSA) is 48.1 Å². The van der Waals surface area contributed by atoms with Crippen molar-refractivity contribution in [2.24, 2.45) is 0 Å². The maximum absolute atomic E-state index is 12.9. The van der Waals surface area contributed by atoms with Crippen LogP contribution in [0.25, 0.3) is 0 Å². The predicted molar refractivity (Wildman–Crippen MR) is 174 cm³/mol. The number of anilines is 1. The Hall–Kier alpha value is -1.96. The van der Waals surface area contributed by atoms with E-state index in [0.717, 1.165) is 69.1 Å². The van der Waals surface area contributed by atoms with Crippen molar-refractivity contribution in [3.63, 3.8) is 0 Å². The summed E-state index contributed by atoms with van der Waals surface area (Å²) < 4.78 is 4.29. The van der Waals surface area contributed by atoms with E-state index in [2.05, 4.69) is 76.3 Å². The van der Waals surface area contributed by atoms with Gasteiger partial charge in [0, 0.05) is 31.9 Å². The van der Waals surface area contributed by atoms with Crippen LogP contribution in [0.3, 0.4) is 0 Å². The highest BCUT2D eigenvalue weighted by Crippen LogP contribution is 2.35. The van der Waals surface area contributed by atoms with Gasteiger partial charge in [0.1, 0.15) is 12.4 Å². The molecule has 1 unspecified atom stereocenters. The van der Waals surface area contributed by atoms with Crippen molar-refractivity contribution in [2.75, 3.05) is 64.9 Å². The maximum atomic E-state index is 12.9. The maximum Gasteiger partial charge on any atom is 0.224 e.